The molecule has 3 rings (SSSR count). The van der Waals surface area contributed by atoms with Gasteiger partial charge < -0.3 is 19.9 Å². The van der Waals surface area contributed by atoms with E-state index >= 15 is 0 Å². The molecule has 1 aromatic carbocycles. The number of esters is 1. The van der Waals surface area contributed by atoms with Gasteiger partial charge in [-0.25, -0.2) is 4.39 Å². The summed E-state index contributed by atoms with van der Waals surface area (Å²) in [5.41, 5.74) is 3.51. The van der Waals surface area contributed by atoms with Crippen LogP contribution >= 0.6 is 0 Å². The third kappa shape index (κ3) is 5.62. The summed E-state index contributed by atoms with van der Waals surface area (Å²) in [6.07, 6.45) is 1.61. The smallest absolute Gasteiger partial charge is 0.326 e. The number of aromatic amines is 1. The van der Waals surface area contributed by atoms with Gasteiger partial charge in [-0.15, -0.1) is 0 Å². The Balaban J connectivity index is 1.90. The highest BCUT2D eigenvalue weighted by Gasteiger charge is 2.34. The molecule has 1 aliphatic rings. The summed E-state index contributed by atoms with van der Waals surface area (Å²) in [6, 6.07) is 4.00. The summed E-state index contributed by atoms with van der Waals surface area (Å²) in [5, 5.41) is 2.96. The van der Waals surface area contributed by atoms with E-state index in [1.807, 2.05) is 0 Å². The van der Waals surface area contributed by atoms with Crippen molar-refractivity contribution in [3.63, 3.8) is 0 Å². The first-order valence-corrected chi connectivity index (χ1v) is 11.9. The number of anilines is 1. The lowest BCUT2D eigenvalue weighted by Gasteiger charge is -2.18. The van der Waals surface area contributed by atoms with Gasteiger partial charge in [0.1, 0.15) is 12.4 Å². The van der Waals surface area contributed by atoms with Crippen molar-refractivity contribution >= 4 is 35.1 Å². The van der Waals surface area contributed by atoms with Crippen molar-refractivity contribution in [3.05, 3.63) is 52.1 Å². The van der Waals surface area contributed by atoms with Crippen LogP contribution in [-0.2, 0) is 14.3 Å². The lowest BCUT2D eigenvalue weighted by Crippen LogP contribution is -2.35. The van der Waals surface area contributed by atoms with E-state index in [9.17, 15) is 18.8 Å². The molecule has 2 N–H and O–H groups in total. The molecule has 0 saturated heterocycles. The van der Waals surface area contributed by atoms with Crippen LogP contribution in [0.25, 0.3) is 11.6 Å². The van der Waals surface area contributed by atoms with Crippen LogP contribution in [0.2, 0.25) is 0 Å². The third-order valence-corrected chi connectivity index (χ3v) is 6.21. The molecule has 0 radical (unpaired) electrons. The fourth-order valence-corrected chi connectivity index (χ4v) is 4.32. The third-order valence-electron chi connectivity index (χ3n) is 6.21. The minimum atomic E-state index is -0.548. The van der Waals surface area contributed by atoms with E-state index < -0.39 is 17.7 Å². The number of rotatable bonds is 10. The summed E-state index contributed by atoms with van der Waals surface area (Å²) in [6.45, 7) is 12.5. The SMILES string of the molecule is CCOC(=O)CN1C(=O)/C(=C\c2[nH]c(C)c(C(=O)NCCN(CC)CC)c2C)c2cc(F)ccc21. The highest BCUT2D eigenvalue weighted by atomic mass is 19.1. The molecule has 8 nitrogen and oxygen atoms in total. The maximum Gasteiger partial charge on any atom is 0.326 e. The van der Waals surface area contributed by atoms with Crippen LogP contribution in [0.3, 0.4) is 0 Å². The summed E-state index contributed by atoms with van der Waals surface area (Å²) >= 11 is 0. The highest BCUT2D eigenvalue weighted by molar-refractivity contribution is 6.36. The van der Waals surface area contributed by atoms with Gasteiger partial charge in [0.2, 0.25) is 0 Å². The van der Waals surface area contributed by atoms with Crippen molar-refractivity contribution in [2.45, 2.75) is 34.6 Å². The lowest BCUT2D eigenvalue weighted by molar-refractivity contribution is -0.142. The Morgan fingerprint density at radius 3 is 2.57 bits per heavy atom. The number of ether oxygens (including phenoxy) is 1. The summed E-state index contributed by atoms with van der Waals surface area (Å²) < 4.78 is 19.1. The average molecular weight is 485 g/mol. The Bertz CT molecular complexity index is 1150. The molecule has 2 heterocycles. The number of carbonyl (C=O) groups is 3. The zero-order chi connectivity index (χ0) is 25.7. The molecular formula is C26H33FN4O4. The second-order valence-electron chi connectivity index (χ2n) is 8.36. The number of fused-ring (bicyclic) bond motifs is 1. The predicted octanol–water partition coefficient (Wildman–Crippen LogP) is 3.29. The van der Waals surface area contributed by atoms with Crippen molar-refractivity contribution in [3.8, 4) is 0 Å². The number of nitrogens with one attached hydrogen (secondary N) is 2. The molecule has 2 aromatic rings. The van der Waals surface area contributed by atoms with E-state index in [2.05, 4.69) is 29.0 Å². The van der Waals surface area contributed by atoms with Crippen LogP contribution in [0.4, 0.5) is 10.1 Å². The standard InChI is InChI=1S/C26H33FN4O4/c1-6-30(7-2)12-11-28-25(33)24-16(4)21(29-17(24)5)14-20-19-13-18(27)9-10-22(19)31(26(20)34)15-23(32)35-8-3/h9-10,13-14,29H,6-8,11-12,15H2,1-5H3,(H,28,33)/b20-14-. The average Bonchev–Trinajstić information content (AvgIpc) is 3.24. The first-order valence-electron chi connectivity index (χ1n) is 11.9. The fourth-order valence-electron chi connectivity index (χ4n) is 4.32. The molecule has 35 heavy (non-hydrogen) atoms. The van der Waals surface area contributed by atoms with Crippen molar-refractivity contribution in [2.75, 3.05) is 44.2 Å². The monoisotopic (exact) mass is 484 g/mol. The number of aryl methyl sites for hydroxylation is 1. The maximum absolute atomic E-state index is 14.1. The van der Waals surface area contributed by atoms with Gasteiger partial charge in [-0.3, -0.25) is 19.3 Å². The van der Waals surface area contributed by atoms with Crippen LogP contribution in [0, 0.1) is 19.7 Å². The summed E-state index contributed by atoms with van der Waals surface area (Å²) in [4.78, 5) is 44.9. The second kappa shape index (κ2) is 11.3. The molecule has 2 amide bonds. The molecule has 1 aliphatic heterocycles. The summed E-state index contributed by atoms with van der Waals surface area (Å²) in [5.74, 6) is -1.67. The Kier molecular flexibility index (Phi) is 8.45. The van der Waals surface area contributed by atoms with Crippen molar-refractivity contribution in [2.24, 2.45) is 0 Å². The van der Waals surface area contributed by atoms with E-state index in [-0.39, 0.29) is 24.6 Å². The van der Waals surface area contributed by atoms with Crippen molar-refractivity contribution in [1.29, 1.82) is 0 Å². The maximum atomic E-state index is 14.1. The molecule has 0 aliphatic carbocycles. The zero-order valence-corrected chi connectivity index (χ0v) is 21.0. The molecule has 0 bridgehead atoms. The topological polar surface area (TPSA) is 94.7 Å². The molecule has 0 saturated carbocycles. The van der Waals surface area contributed by atoms with Crippen LogP contribution in [0.1, 0.15) is 53.6 Å². The molecule has 0 atom stereocenters. The Morgan fingerprint density at radius 2 is 1.91 bits per heavy atom. The zero-order valence-electron chi connectivity index (χ0n) is 21.0. The van der Waals surface area contributed by atoms with Crippen LogP contribution < -0.4 is 10.2 Å². The number of benzene rings is 1. The van der Waals surface area contributed by atoms with E-state index in [0.29, 0.717) is 40.3 Å². The number of halogens is 1. The Labute approximate surface area is 205 Å². The fraction of sp³-hybridized carbons (Fsp3) is 0.423. The highest BCUT2D eigenvalue weighted by Crippen LogP contribution is 2.38. The van der Waals surface area contributed by atoms with Gasteiger partial charge in [-0.1, -0.05) is 13.8 Å². The number of likely N-dealkylation sites (N-methyl/N-ethyl adjacent to an activating group) is 1. The van der Waals surface area contributed by atoms with E-state index in [1.165, 1.54) is 23.1 Å². The molecular weight excluding hydrogens is 451 g/mol. The Hall–Kier alpha value is -3.46. The number of amides is 2. The second-order valence-corrected chi connectivity index (χ2v) is 8.36. The van der Waals surface area contributed by atoms with Crippen LogP contribution in [-0.4, -0.2) is 67.0 Å². The largest absolute Gasteiger partial charge is 0.465 e. The first-order chi connectivity index (χ1) is 16.7. The van der Waals surface area contributed by atoms with Gasteiger partial charge in [-0.05, 0) is 63.7 Å². The van der Waals surface area contributed by atoms with Gasteiger partial charge in [0.05, 0.1) is 23.4 Å². The van der Waals surface area contributed by atoms with E-state index in [1.54, 1.807) is 26.8 Å². The number of nitrogens with zero attached hydrogens (tertiary/aromatic N) is 2. The first kappa shape index (κ1) is 26.2. The van der Waals surface area contributed by atoms with Gasteiger partial charge >= 0.3 is 5.97 Å². The molecule has 188 valence electrons. The van der Waals surface area contributed by atoms with Gasteiger partial charge in [0.25, 0.3) is 11.8 Å². The number of carbonyl (C=O) groups excluding carboxylic acids is 3. The number of hydrogen-bond donors (Lipinski definition) is 2. The minimum absolute atomic E-state index is 0.193. The summed E-state index contributed by atoms with van der Waals surface area (Å²) in [7, 11) is 0. The number of hydrogen-bond acceptors (Lipinski definition) is 5. The lowest BCUT2D eigenvalue weighted by atomic mass is 10.0. The quantitative estimate of drug-likeness (QED) is 0.399. The molecule has 0 fully saturated rings. The Morgan fingerprint density at radius 1 is 1.20 bits per heavy atom. The normalized spacial score (nSPS) is 14.1. The van der Waals surface area contributed by atoms with Crippen molar-refractivity contribution in [1.82, 2.24) is 15.2 Å². The van der Waals surface area contributed by atoms with Crippen molar-refractivity contribution < 1.29 is 23.5 Å². The number of aromatic nitrogens is 1. The van der Waals surface area contributed by atoms with Gasteiger partial charge in [0.15, 0.2) is 0 Å². The minimum Gasteiger partial charge on any atom is -0.465 e. The van der Waals surface area contributed by atoms with Gasteiger partial charge in [-0.2, -0.15) is 0 Å². The molecule has 1 aromatic heterocycles. The molecule has 0 unspecified atom stereocenters. The van der Waals surface area contributed by atoms with Crippen LogP contribution in [0.15, 0.2) is 18.2 Å². The van der Waals surface area contributed by atoms with Crippen LogP contribution in [0.5, 0.6) is 0 Å². The molecule has 9 heteroatoms. The predicted molar refractivity (Wildman–Crippen MR) is 134 cm³/mol. The van der Waals surface area contributed by atoms with E-state index in [4.69, 9.17) is 4.74 Å². The van der Waals surface area contributed by atoms with Gasteiger partial charge in [0, 0.05) is 30.0 Å². The van der Waals surface area contributed by atoms with E-state index in [0.717, 1.165) is 19.6 Å². The number of H-pyrrole nitrogens is 1. The molecule has 0 spiro atoms.